The lowest BCUT2D eigenvalue weighted by molar-refractivity contribution is -0.114. The van der Waals surface area contributed by atoms with Gasteiger partial charge in [-0.25, -0.2) is 0 Å². The summed E-state index contributed by atoms with van der Waals surface area (Å²) in [6.45, 7) is 1.51. The van der Waals surface area contributed by atoms with Gasteiger partial charge in [-0.2, -0.15) is 0 Å². The molecule has 0 unspecified atom stereocenters. The summed E-state index contributed by atoms with van der Waals surface area (Å²) in [5.74, 6) is -0.0727. The van der Waals surface area contributed by atoms with Gasteiger partial charge in [-0.15, -0.1) is 10.2 Å². The summed E-state index contributed by atoms with van der Waals surface area (Å²) in [7, 11) is 0. The minimum atomic E-state index is -0.0727. The molecule has 6 heteroatoms. The van der Waals surface area contributed by atoms with Gasteiger partial charge in [-0.05, 0) is 31.0 Å². The number of thioether (sulfide) groups is 1. The fraction of sp³-hybridized carbons (Fsp3) is 0.400. The summed E-state index contributed by atoms with van der Waals surface area (Å²) >= 11 is 1.80. The Morgan fingerprint density at radius 1 is 1.38 bits per heavy atom. The number of rotatable bonds is 4. The summed E-state index contributed by atoms with van der Waals surface area (Å²) in [6, 6.07) is 7.72. The highest BCUT2D eigenvalue weighted by Gasteiger charge is 2.19. The predicted molar refractivity (Wildman–Crippen MR) is 83.8 cm³/mol. The molecular formula is C15H18N4OS. The molecule has 0 aliphatic heterocycles. The molecule has 1 saturated carbocycles. The molecule has 0 bridgehead atoms. The minimum Gasteiger partial charge on any atom is -0.326 e. The van der Waals surface area contributed by atoms with Crippen molar-refractivity contribution in [3.05, 3.63) is 30.6 Å². The second kappa shape index (κ2) is 6.30. The third kappa shape index (κ3) is 3.44. The fourth-order valence-corrected chi connectivity index (χ4v) is 3.80. The number of aromatic nitrogens is 3. The first kappa shape index (κ1) is 14.1. The van der Waals surface area contributed by atoms with Crippen molar-refractivity contribution in [2.75, 3.05) is 5.32 Å². The molecule has 0 spiro atoms. The topological polar surface area (TPSA) is 59.8 Å². The molecule has 1 aliphatic carbocycles. The standard InChI is InChI=1S/C15H18N4OS/c1-11(20)17-12-5-4-6-13(9-12)19-10-16-18-15(19)21-14-7-2-3-8-14/h4-6,9-10,14H,2-3,7-8H2,1H3,(H,17,20). The predicted octanol–water partition coefficient (Wildman–Crippen LogP) is 3.26. The Bertz CT molecular complexity index is 634. The molecule has 0 saturated heterocycles. The molecule has 21 heavy (non-hydrogen) atoms. The van der Waals surface area contributed by atoms with Gasteiger partial charge in [0.15, 0.2) is 5.16 Å². The number of amides is 1. The summed E-state index contributed by atoms with van der Waals surface area (Å²) in [6.07, 6.45) is 6.85. The van der Waals surface area contributed by atoms with Crippen LogP contribution in [0.4, 0.5) is 5.69 Å². The van der Waals surface area contributed by atoms with E-state index in [2.05, 4.69) is 15.5 Å². The molecular weight excluding hydrogens is 284 g/mol. The van der Waals surface area contributed by atoms with Gasteiger partial charge >= 0.3 is 0 Å². The number of benzene rings is 1. The first-order chi connectivity index (χ1) is 10.2. The third-order valence-electron chi connectivity index (χ3n) is 3.54. The quantitative estimate of drug-likeness (QED) is 0.941. The Labute approximate surface area is 128 Å². The Morgan fingerprint density at radius 3 is 2.95 bits per heavy atom. The van der Waals surface area contributed by atoms with E-state index in [1.54, 1.807) is 18.1 Å². The maximum atomic E-state index is 11.2. The van der Waals surface area contributed by atoms with Crippen LogP contribution in [0, 0.1) is 0 Å². The monoisotopic (exact) mass is 302 g/mol. The van der Waals surface area contributed by atoms with E-state index in [4.69, 9.17) is 0 Å². The molecule has 1 amide bonds. The van der Waals surface area contributed by atoms with Crippen molar-refractivity contribution >= 4 is 23.4 Å². The maximum absolute atomic E-state index is 11.2. The third-order valence-corrected chi connectivity index (χ3v) is 4.83. The van der Waals surface area contributed by atoms with Crippen LogP contribution in [0.2, 0.25) is 0 Å². The zero-order valence-electron chi connectivity index (χ0n) is 12.0. The minimum absolute atomic E-state index is 0.0727. The average molecular weight is 302 g/mol. The molecule has 1 fully saturated rings. The zero-order valence-corrected chi connectivity index (χ0v) is 12.8. The van der Waals surface area contributed by atoms with Crippen LogP contribution >= 0.6 is 11.8 Å². The van der Waals surface area contributed by atoms with Gasteiger partial charge in [0.25, 0.3) is 0 Å². The first-order valence-electron chi connectivity index (χ1n) is 7.17. The van der Waals surface area contributed by atoms with Crippen molar-refractivity contribution in [3.63, 3.8) is 0 Å². The largest absolute Gasteiger partial charge is 0.326 e. The molecule has 3 rings (SSSR count). The van der Waals surface area contributed by atoms with E-state index in [0.717, 1.165) is 16.5 Å². The van der Waals surface area contributed by atoms with Gasteiger partial charge in [0, 0.05) is 17.9 Å². The maximum Gasteiger partial charge on any atom is 0.221 e. The lowest BCUT2D eigenvalue weighted by Gasteiger charge is -2.11. The Morgan fingerprint density at radius 2 is 2.19 bits per heavy atom. The van der Waals surface area contributed by atoms with E-state index < -0.39 is 0 Å². The highest BCUT2D eigenvalue weighted by Crippen LogP contribution is 2.34. The molecule has 1 aromatic carbocycles. The van der Waals surface area contributed by atoms with Gasteiger partial charge in [0.05, 0.1) is 5.69 Å². The summed E-state index contributed by atoms with van der Waals surface area (Å²) in [4.78, 5) is 11.2. The summed E-state index contributed by atoms with van der Waals surface area (Å²) < 4.78 is 1.98. The average Bonchev–Trinajstić information content (AvgIpc) is 3.10. The Kier molecular flexibility index (Phi) is 4.24. The van der Waals surface area contributed by atoms with Crippen molar-refractivity contribution in [2.45, 2.75) is 43.0 Å². The second-order valence-corrected chi connectivity index (χ2v) is 6.51. The van der Waals surface area contributed by atoms with Crippen LogP contribution in [-0.4, -0.2) is 25.9 Å². The zero-order chi connectivity index (χ0) is 14.7. The number of nitrogens with one attached hydrogen (secondary N) is 1. The highest BCUT2D eigenvalue weighted by molar-refractivity contribution is 7.99. The smallest absolute Gasteiger partial charge is 0.221 e. The lowest BCUT2D eigenvalue weighted by Crippen LogP contribution is -2.06. The number of hydrogen-bond donors (Lipinski definition) is 1. The molecule has 1 aromatic heterocycles. The molecule has 1 N–H and O–H groups in total. The van der Waals surface area contributed by atoms with Crippen LogP contribution in [0.25, 0.3) is 5.69 Å². The van der Waals surface area contributed by atoms with Gasteiger partial charge in [0.1, 0.15) is 6.33 Å². The number of carbonyl (C=O) groups is 1. The van der Waals surface area contributed by atoms with E-state index >= 15 is 0 Å². The van der Waals surface area contributed by atoms with Gasteiger partial charge in [-0.1, -0.05) is 30.7 Å². The van der Waals surface area contributed by atoms with Crippen LogP contribution in [0.5, 0.6) is 0 Å². The molecule has 0 radical (unpaired) electrons. The first-order valence-corrected chi connectivity index (χ1v) is 8.05. The molecule has 0 atom stereocenters. The fourth-order valence-electron chi connectivity index (χ4n) is 2.57. The van der Waals surface area contributed by atoms with Crippen molar-refractivity contribution in [1.82, 2.24) is 14.8 Å². The van der Waals surface area contributed by atoms with Crippen LogP contribution in [0.1, 0.15) is 32.6 Å². The molecule has 1 aliphatic rings. The van der Waals surface area contributed by atoms with Crippen molar-refractivity contribution in [3.8, 4) is 5.69 Å². The van der Waals surface area contributed by atoms with Crippen LogP contribution < -0.4 is 5.32 Å². The van der Waals surface area contributed by atoms with E-state index in [1.165, 1.54) is 32.6 Å². The van der Waals surface area contributed by atoms with Crippen molar-refractivity contribution < 1.29 is 4.79 Å². The summed E-state index contributed by atoms with van der Waals surface area (Å²) in [5, 5.41) is 12.6. The van der Waals surface area contributed by atoms with E-state index in [0.29, 0.717) is 5.25 Å². The molecule has 5 nitrogen and oxygen atoms in total. The number of hydrogen-bond acceptors (Lipinski definition) is 4. The van der Waals surface area contributed by atoms with Crippen molar-refractivity contribution in [2.24, 2.45) is 0 Å². The van der Waals surface area contributed by atoms with Crippen LogP contribution in [0.3, 0.4) is 0 Å². The van der Waals surface area contributed by atoms with Crippen LogP contribution in [0.15, 0.2) is 35.7 Å². The number of anilines is 1. The molecule has 1 heterocycles. The second-order valence-electron chi connectivity index (χ2n) is 5.24. The van der Waals surface area contributed by atoms with E-state index in [9.17, 15) is 4.79 Å². The van der Waals surface area contributed by atoms with Crippen LogP contribution in [-0.2, 0) is 4.79 Å². The van der Waals surface area contributed by atoms with Gasteiger partial charge < -0.3 is 5.32 Å². The highest BCUT2D eigenvalue weighted by atomic mass is 32.2. The van der Waals surface area contributed by atoms with Crippen molar-refractivity contribution in [1.29, 1.82) is 0 Å². The van der Waals surface area contributed by atoms with E-state index in [1.807, 2.05) is 28.8 Å². The normalized spacial score (nSPS) is 15.3. The summed E-state index contributed by atoms with van der Waals surface area (Å²) in [5.41, 5.74) is 1.75. The van der Waals surface area contributed by atoms with Gasteiger partial charge in [0.2, 0.25) is 5.91 Å². The molecule has 110 valence electrons. The molecule has 2 aromatic rings. The lowest BCUT2D eigenvalue weighted by atomic mass is 10.2. The Balaban J connectivity index is 1.83. The van der Waals surface area contributed by atoms with Gasteiger partial charge in [-0.3, -0.25) is 9.36 Å². The Hall–Kier alpha value is -1.82. The van der Waals surface area contributed by atoms with E-state index in [-0.39, 0.29) is 5.91 Å². The SMILES string of the molecule is CC(=O)Nc1cccc(-n2cnnc2SC2CCCC2)c1. The number of carbonyl (C=O) groups excluding carboxylic acids is 1. The number of nitrogens with zero attached hydrogens (tertiary/aromatic N) is 3.